The van der Waals surface area contributed by atoms with Crippen molar-refractivity contribution in [1.82, 2.24) is 20.1 Å². The summed E-state index contributed by atoms with van der Waals surface area (Å²) in [6, 6.07) is 2.09. The maximum absolute atomic E-state index is 12.8. The number of aromatic amines is 1. The number of nitrogens with one attached hydrogen (secondary N) is 1. The minimum Gasteiger partial charge on any atom is -0.366 e. The van der Waals surface area contributed by atoms with E-state index in [1.807, 2.05) is 4.90 Å². The van der Waals surface area contributed by atoms with Crippen molar-refractivity contribution < 1.29 is 9.53 Å². The molecule has 0 saturated carbocycles. The van der Waals surface area contributed by atoms with Crippen LogP contribution in [0.15, 0.2) is 6.07 Å². The number of carbonyl (C=O) groups excluding carboxylic acids is 1. The number of hydrogen-bond acceptors (Lipinski definition) is 5. The molecule has 1 N–H and O–H groups in total. The summed E-state index contributed by atoms with van der Waals surface area (Å²) in [5.41, 5.74) is 1.37. The van der Waals surface area contributed by atoms with Crippen molar-refractivity contribution in [3.8, 4) is 0 Å². The Kier molecular flexibility index (Phi) is 4.37. The molecule has 0 spiro atoms. The molecule has 0 unspecified atom stereocenters. The van der Waals surface area contributed by atoms with Gasteiger partial charge in [0.2, 0.25) is 0 Å². The van der Waals surface area contributed by atoms with Crippen LogP contribution in [-0.4, -0.2) is 45.7 Å². The molecule has 0 bridgehead atoms. The molecule has 1 saturated heterocycles. The van der Waals surface area contributed by atoms with Crippen molar-refractivity contribution in [2.24, 2.45) is 0 Å². The van der Waals surface area contributed by atoms with Crippen LogP contribution in [-0.2, 0) is 24.0 Å². The molecule has 7 heteroatoms. The van der Waals surface area contributed by atoms with Crippen LogP contribution in [0.1, 0.15) is 57.6 Å². The lowest BCUT2D eigenvalue weighted by Gasteiger charge is -2.31. The van der Waals surface area contributed by atoms with Gasteiger partial charge in [-0.05, 0) is 37.3 Å². The number of nitrogens with zero attached hydrogens (tertiary/aromatic N) is 3. The summed E-state index contributed by atoms with van der Waals surface area (Å²) in [6.07, 6.45) is 5.12. The van der Waals surface area contributed by atoms with Gasteiger partial charge in [0, 0.05) is 17.8 Å². The molecule has 4 rings (SSSR count). The van der Waals surface area contributed by atoms with E-state index in [1.54, 1.807) is 11.3 Å². The van der Waals surface area contributed by atoms with E-state index in [-0.39, 0.29) is 12.0 Å². The zero-order valence-electron chi connectivity index (χ0n) is 13.9. The first-order chi connectivity index (χ1) is 11.7. The first-order valence-corrected chi connectivity index (χ1v) is 9.50. The Morgan fingerprint density at radius 1 is 1.50 bits per heavy atom. The van der Waals surface area contributed by atoms with Crippen LogP contribution in [0.25, 0.3) is 0 Å². The van der Waals surface area contributed by atoms with E-state index in [9.17, 15) is 4.79 Å². The molecule has 3 heterocycles. The van der Waals surface area contributed by atoms with Gasteiger partial charge in [0.05, 0.1) is 18.0 Å². The van der Waals surface area contributed by atoms with Crippen LogP contribution in [0, 0.1) is 0 Å². The molecule has 128 valence electrons. The van der Waals surface area contributed by atoms with E-state index in [0.29, 0.717) is 25.5 Å². The van der Waals surface area contributed by atoms with Crippen molar-refractivity contribution in [2.45, 2.75) is 45.1 Å². The van der Waals surface area contributed by atoms with Crippen molar-refractivity contribution in [3.63, 3.8) is 0 Å². The largest absolute Gasteiger partial charge is 0.366 e. The van der Waals surface area contributed by atoms with E-state index >= 15 is 0 Å². The fraction of sp³-hybridized carbons (Fsp3) is 0.588. The molecule has 2 aromatic rings. The van der Waals surface area contributed by atoms with Gasteiger partial charge < -0.3 is 9.64 Å². The molecule has 24 heavy (non-hydrogen) atoms. The average molecular weight is 346 g/mol. The van der Waals surface area contributed by atoms with Crippen LogP contribution >= 0.6 is 11.3 Å². The number of thiophene rings is 1. The van der Waals surface area contributed by atoms with Gasteiger partial charge in [-0.1, -0.05) is 6.92 Å². The molecule has 1 amide bonds. The lowest BCUT2D eigenvalue weighted by atomic mass is 10.2. The summed E-state index contributed by atoms with van der Waals surface area (Å²) in [6.45, 7) is 3.78. The minimum absolute atomic E-state index is 0.118. The summed E-state index contributed by atoms with van der Waals surface area (Å²) < 4.78 is 5.80. The molecule has 1 aliphatic carbocycles. The van der Waals surface area contributed by atoms with Gasteiger partial charge in [-0.25, -0.2) is 4.98 Å². The smallest absolute Gasteiger partial charge is 0.264 e. The van der Waals surface area contributed by atoms with Crippen LogP contribution in [0.2, 0.25) is 0 Å². The fourth-order valence-electron chi connectivity index (χ4n) is 3.38. The first kappa shape index (κ1) is 15.8. The molecule has 0 radical (unpaired) electrons. The zero-order chi connectivity index (χ0) is 16.5. The molecule has 2 aromatic heterocycles. The molecule has 1 aliphatic heterocycles. The van der Waals surface area contributed by atoms with Gasteiger partial charge in [-0.15, -0.1) is 11.3 Å². The summed E-state index contributed by atoms with van der Waals surface area (Å²) in [4.78, 5) is 21.5. The van der Waals surface area contributed by atoms with Gasteiger partial charge in [-0.3, -0.25) is 9.89 Å². The van der Waals surface area contributed by atoms with Crippen molar-refractivity contribution in [3.05, 3.63) is 33.0 Å². The van der Waals surface area contributed by atoms with Gasteiger partial charge in [0.1, 0.15) is 11.9 Å². The normalized spacial score (nSPS) is 20.4. The summed E-state index contributed by atoms with van der Waals surface area (Å²) >= 11 is 1.66. The molecule has 2 aliphatic rings. The van der Waals surface area contributed by atoms with Gasteiger partial charge >= 0.3 is 0 Å². The quantitative estimate of drug-likeness (QED) is 0.923. The van der Waals surface area contributed by atoms with Crippen molar-refractivity contribution >= 4 is 17.2 Å². The predicted octanol–water partition coefficient (Wildman–Crippen LogP) is 2.52. The van der Waals surface area contributed by atoms with E-state index in [0.717, 1.165) is 36.4 Å². The second-order valence-electron chi connectivity index (χ2n) is 6.41. The van der Waals surface area contributed by atoms with Crippen LogP contribution in [0.5, 0.6) is 0 Å². The van der Waals surface area contributed by atoms with Crippen molar-refractivity contribution in [1.29, 1.82) is 0 Å². The highest BCUT2D eigenvalue weighted by Gasteiger charge is 2.30. The van der Waals surface area contributed by atoms with Gasteiger partial charge in [0.25, 0.3) is 5.91 Å². The standard InChI is InChI=1S/C17H22N4O2S/c1-2-4-15-18-16(20-19-15)12-10-21(7-8-23-12)17(22)14-9-11-5-3-6-13(11)24-14/h9,12H,2-8,10H2,1H3,(H,18,19,20)/t12-/m0/s1. The molecule has 0 aromatic carbocycles. The second kappa shape index (κ2) is 6.64. The summed E-state index contributed by atoms with van der Waals surface area (Å²) in [7, 11) is 0. The third-order valence-corrected chi connectivity index (χ3v) is 5.86. The lowest BCUT2D eigenvalue weighted by molar-refractivity contribution is -0.0265. The monoisotopic (exact) mass is 346 g/mol. The molecule has 6 nitrogen and oxygen atoms in total. The molecule has 1 atom stereocenters. The Bertz CT molecular complexity index is 717. The highest BCUT2D eigenvalue weighted by atomic mass is 32.1. The number of aromatic nitrogens is 3. The second-order valence-corrected chi connectivity index (χ2v) is 7.55. The summed E-state index contributed by atoms with van der Waals surface area (Å²) in [5, 5.41) is 7.23. The van der Waals surface area contributed by atoms with E-state index in [1.165, 1.54) is 16.9 Å². The maximum Gasteiger partial charge on any atom is 0.264 e. The fourth-order valence-corrected chi connectivity index (χ4v) is 4.60. The molecule has 1 fully saturated rings. The molecular formula is C17H22N4O2S. The zero-order valence-corrected chi connectivity index (χ0v) is 14.7. The molecular weight excluding hydrogens is 324 g/mol. The third-order valence-electron chi connectivity index (χ3n) is 4.63. The lowest BCUT2D eigenvalue weighted by Crippen LogP contribution is -2.42. The predicted molar refractivity (Wildman–Crippen MR) is 91.3 cm³/mol. The number of carbonyl (C=O) groups is 1. The Morgan fingerprint density at radius 2 is 2.42 bits per heavy atom. The Morgan fingerprint density at radius 3 is 3.25 bits per heavy atom. The van der Waals surface area contributed by atoms with E-state index < -0.39 is 0 Å². The summed E-state index contributed by atoms with van der Waals surface area (Å²) in [5.74, 6) is 1.66. The third kappa shape index (κ3) is 2.98. The van der Waals surface area contributed by atoms with Gasteiger partial charge in [-0.2, -0.15) is 5.10 Å². The number of rotatable bonds is 4. The number of ether oxygens (including phenoxy) is 1. The number of aryl methyl sites for hydroxylation is 3. The minimum atomic E-state index is -0.239. The highest BCUT2D eigenvalue weighted by molar-refractivity contribution is 7.14. The first-order valence-electron chi connectivity index (χ1n) is 8.68. The number of hydrogen-bond donors (Lipinski definition) is 1. The maximum atomic E-state index is 12.8. The Hall–Kier alpha value is -1.73. The number of H-pyrrole nitrogens is 1. The van der Waals surface area contributed by atoms with Crippen LogP contribution < -0.4 is 0 Å². The van der Waals surface area contributed by atoms with Crippen molar-refractivity contribution in [2.75, 3.05) is 19.7 Å². The van der Waals surface area contributed by atoms with Gasteiger partial charge in [0.15, 0.2) is 5.82 Å². The Balaban J connectivity index is 1.46. The number of amides is 1. The number of fused-ring (bicyclic) bond motifs is 1. The number of morpholine rings is 1. The van der Waals surface area contributed by atoms with Crippen LogP contribution in [0.4, 0.5) is 0 Å². The van der Waals surface area contributed by atoms with E-state index in [4.69, 9.17) is 4.74 Å². The van der Waals surface area contributed by atoms with Crippen LogP contribution in [0.3, 0.4) is 0 Å². The Labute approximate surface area is 145 Å². The SMILES string of the molecule is CCCc1nc([C@@H]2CN(C(=O)c3cc4c(s3)CCC4)CCO2)n[nH]1. The topological polar surface area (TPSA) is 71.1 Å². The average Bonchev–Trinajstić information content (AvgIpc) is 3.30. The highest BCUT2D eigenvalue weighted by Crippen LogP contribution is 2.32. The van der Waals surface area contributed by atoms with E-state index in [2.05, 4.69) is 28.2 Å².